The van der Waals surface area contributed by atoms with Crippen LogP contribution in [0.15, 0.2) is 12.7 Å². The van der Waals surface area contributed by atoms with Crippen LogP contribution < -0.4 is 0 Å². The van der Waals surface area contributed by atoms with E-state index in [0.717, 1.165) is 12.8 Å². The second-order valence-corrected chi connectivity index (χ2v) is 3.59. The molecule has 15 heavy (non-hydrogen) atoms. The van der Waals surface area contributed by atoms with E-state index in [0.29, 0.717) is 0 Å². The van der Waals surface area contributed by atoms with Crippen molar-refractivity contribution in [2.45, 2.75) is 39.2 Å². The van der Waals surface area contributed by atoms with Gasteiger partial charge in [0.2, 0.25) is 0 Å². The van der Waals surface area contributed by atoms with Crippen molar-refractivity contribution >= 4 is 6.16 Å². The molecule has 0 radical (unpaired) electrons. The normalized spacial score (nSPS) is 10.9. The van der Waals surface area contributed by atoms with Gasteiger partial charge in [-0.05, 0) is 25.3 Å². The molecule has 0 unspecified atom stereocenters. The molecule has 88 valence electrons. The third-order valence-electron chi connectivity index (χ3n) is 1.53. The average molecular weight is 218 g/mol. The van der Waals surface area contributed by atoms with E-state index in [1.807, 2.05) is 20.8 Å². The Morgan fingerprint density at radius 2 is 2.13 bits per heavy atom. The standard InChI is InChI=1S/C10H18O5/c1-5-7-10(3,4)14-15-13-9(11)12-8-6-2/h6H,2,5,7-8H2,1,3-4H3. The molecule has 0 atom stereocenters. The number of carbonyl (C=O) groups is 1. The second kappa shape index (κ2) is 7.25. The number of hydrogen-bond donors (Lipinski definition) is 0. The summed E-state index contributed by atoms with van der Waals surface area (Å²) < 4.78 is 4.48. The highest BCUT2D eigenvalue weighted by Gasteiger charge is 2.20. The van der Waals surface area contributed by atoms with E-state index in [4.69, 9.17) is 4.89 Å². The van der Waals surface area contributed by atoms with Crippen molar-refractivity contribution in [1.82, 2.24) is 0 Å². The smallest absolute Gasteiger partial charge is 0.428 e. The molecule has 0 spiro atoms. The van der Waals surface area contributed by atoms with Gasteiger partial charge in [0.25, 0.3) is 0 Å². The zero-order valence-electron chi connectivity index (χ0n) is 9.45. The lowest BCUT2D eigenvalue weighted by molar-refractivity contribution is -0.517. The van der Waals surface area contributed by atoms with Crippen LogP contribution in [0, 0.1) is 0 Å². The molecule has 0 heterocycles. The molecule has 0 rings (SSSR count). The fourth-order valence-electron chi connectivity index (χ4n) is 0.932. The summed E-state index contributed by atoms with van der Waals surface area (Å²) in [5.41, 5.74) is -0.493. The summed E-state index contributed by atoms with van der Waals surface area (Å²) in [6.45, 7) is 9.12. The minimum Gasteiger partial charge on any atom is -0.428 e. The van der Waals surface area contributed by atoms with E-state index in [-0.39, 0.29) is 6.61 Å². The first-order valence-electron chi connectivity index (χ1n) is 4.82. The average Bonchev–Trinajstić information content (AvgIpc) is 2.14. The largest absolute Gasteiger partial charge is 0.542 e. The fourth-order valence-corrected chi connectivity index (χ4v) is 0.932. The van der Waals surface area contributed by atoms with Gasteiger partial charge < -0.3 is 4.74 Å². The molecule has 0 saturated carbocycles. The van der Waals surface area contributed by atoms with E-state index in [9.17, 15) is 4.79 Å². The molecule has 5 heteroatoms. The van der Waals surface area contributed by atoms with Gasteiger partial charge in [-0.2, -0.15) is 4.89 Å². The lowest BCUT2D eigenvalue weighted by atomic mass is 10.0. The third-order valence-corrected chi connectivity index (χ3v) is 1.53. The summed E-state index contributed by atoms with van der Waals surface area (Å²) in [5, 5.41) is 4.30. The highest BCUT2D eigenvalue weighted by molar-refractivity contribution is 5.58. The van der Waals surface area contributed by atoms with E-state index in [2.05, 4.69) is 21.2 Å². The molecule has 0 aromatic heterocycles. The van der Waals surface area contributed by atoms with Crippen LogP contribution in [0.5, 0.6) is 0 Å². The van der Waals surface area contributed by atoms with Gasteiger partial charge in [0, 0.05) is 0 Å². The van der Waals surface area contributed by atoms with Crippen molar-refractivity contribution < 1.29 is 24.3 Å². The lowest BCUT2D eigenvalue weighted by Gasteiger charge is -2.20. The van der Waals surface area contributed by atoms with Crippen LogP contribution in [0.3, 0.4) is 0 Å². The topological polar surface area (TPSA) is 54.0 Å². The molecule has 0 aliphatic rings. The summed E-state index contributed by atoms with van der Waals surface area (Å²) in [6.07, 6.45) is 2.19. The predicted molar refractivity (Wildman–Crippen MR) is 53.8 cm³/mol. The Labute approximate surface area is 89.8 Å². The van der Waals surface area contributed by atoms with Crippen molar-refractivity contribution in [1.29, 1.82) is 0 Å². The molecule has 0 N–H and O–H groups in total. The van der Waals surface area contributed by atoms with E-state index in [1.165, 1.54) is 6.08 Å². The van der Waals surface area contributed by atoms with Crippen molar-refractivity contribution in [3.63, 3.8) is 0 Å². The fraction of sp³-hybridized carbons (Fsp3) is 0.700. The minimum atomic E-state index is -0.956. The Bertz CT molecular complexity index is 200. The second-order valence-electron chi connectivity index (χ2n) is 3.59. The quantitative estimate of drug-likeness (QED) is 0.284. The number of hydrogen-bond acceptors (Lipinski definition) is 5. The maximum Gasteiger partial charge on any atom is 0.542 e. The Kier molecular flexibility index (Phi) is 6.73. The summed E-state index contributed by atoms with van der Waals surface area (Å²) in [5.74, 6) is 0. The Morgan fingerprint density at radius 1 is 1.47 bits per heavy atom. The number of carbonyl (C=O) groups excluding carboxylic acids is 1. The van der Waals surface area contributed by atoms with Crippen LogP contribution in [0.25, 0.3) is 0 Å². The molecule has 0 aromatic carbocycles. The molecule has 0 bridgehead atoms. The number of rotatable bonds is 7. The van der Waals surface area contributed by atoms with E-state index in [1.54, 1.807) is 0 Å². The summed E-state index contributed by atoms with van der Waals surface area (Å²) in [4.78, 5) is 19.8. The van der Waals surface area contributed by atoms with Gasteiger partial charge in [-0.3, -0.25) is 0 Å². The first-order valence-corrected chi connectivity index (χ1v) is 4.82. The molecular weight excluding hydrogens is 200 g/mol. The van der Waals surface area contributed by atoms with Gasteiger partial charge >= 0.3 is 6.16 Å². The van der Waals surface area contributed by atoms with Crippen LogP contribution >= 0.6 is 0 Å². The van der Waals surface area contributed by atoms with E-state index >= 15 is 0 Å². The first kappa shape index (κ1) is 13.9. The first-order chi connectivity index (χ1) is 7.02. The van der Waals surface area contributed by atoms with Gasteiger partial charge in [0.05, 0.1) is 0 Å². The highest BCUT2D eigenvalue weighted by atomic mass is 17.5. The molecule has 0 aliphatic heterocycles. The summed E-state index contributed by atoms with van der Waals surface area (Å²) >= 11 is 0. The van der Waals surface area contributed by atoms with Gasteiger partial charge in [0.1, 0.15) is 12.2 Å². The predicted octanol–water partition coefficient (Wildman–Crippen LogP) is 2.77. The lowest BCUT2D eigenvalue weighted by Crippen LogP contribution is -2.25. The van der Waals surface area contributed by atoms with E-state index < -0.39 is 11.8 Å². The monoisotopic (exact) mass is 218 g/mol. The van der Waals surface area contributed by atoms with Crippen LogP contribution in [-0.4, -0.2) is 18.4 Å². The Hall–Kier alpha value is -1.07. The van der Waals surface area contributed by atoms with Crippen molar-refractivity contribution in [3.8, 4) is 0 Å². The molecule has 0 saturated heterocycles. The van der Waals surface area contributed by atoms with Crippen LogP contribution in [0.2, 0.25) is 0 Å². The molecule has 0 aliphatic carbocycles. The van der Waals surface area contributed by atoms with Crippen LogP contribution in [-0.2, 0) is 19.6 Å². The van der Waals surface area contributed by atoms with Crippen molar-refractivity contribution in [2.75, 3.05) is 6.61 Å². The zero-order chi connectivity index (χ0) is 11.7. The van der Waals surface area contributed by atoms with Gasteiger partial charge in [-0.25, -0.2) is 9.68 Å². The molecular formula is C10H18O5. The summed E-state index contributed by atoms with van der Waals surface area (Å²) in [6, 6.07) is 0. The van der Waals surface area contributed by atoms with Gasteiger partial charge in [0.15, 0.2) is 0 Å². The molecule has 5 nitrogen and oxygen atoms in total. The molecule has 0 fully saturated rings. The van der Waals surface area contributed by atoms with Crippen LogP contribution in [0.1, 0.15) is 33.6 Å². The van der Waals surface area contributed by atoms with Crippen molar-refractivity contribution in [3.05, 3.63) is 12.7 Å². The van der Waals surface area contributed by atoms with Crippen LogP contribution in [0.4, 0.5) is 4.79 Å². The van der Waals surface area contributed by atoms with Crippen molar-refractivity contribution in [2.24, 2.45) is 0 Å². The maximum atomic E-state index is 10.7. The Balaban J connectivity index is 3.59. The Morgan fingerprint density at radius 3 is 2.67 bits per heavy atom. The summed E-state index contributed by atoms with van der Waals surface area (Å²) in [7, 11) is 0. The maximum absolute atomic E-state index is 10.7. The minimum absolute atomic E-state index is 0.0700. The van der Waals surface area contributed by atoms with Gasteiger partial charge in [-0.15, -0.1) is 0 Å². The number of ether oxygens (including phenoxy) is 1. The third kappa shape index (κ3) is 7.96. The SMILES string of the molecule is C=CCOC(=O)OOOC(C)(C)CCC. The van der Waals surface area contributed by atoms with Gasteiger partial charge in [-0.1, -0.05) is 26.0 Å². The molecule has 0 amide bonds. The zero-order valence-corrected chi connectivity index (χ0v) is 9.45. The highest BCUT2D eigenvalue weighted by Crippen LogP contribution is 2.16. The molecule has 0 aromatic rings.